The lowest BCUT2D eigenvalue weighted by Crippen LogP contribution is -2.27. The summed E-state index contributed by atoms with van der Waals surface area (Å²) in [5.41, 5.74) is 1.37. The van der Waals surface area contributed by atoms with Crippen molar-refractivity contribution in [2.75, 3.05) is 17.0 Å². The third kappa shape index (κ3) is 5.33. The highest BCUT2D eigenvalue weighted by Crippen LogP contribution is 2.16. The number of rotatable bonds is 8. The van der Waals surface area contributed by atoms with E-state index >= 15 is 0 Å². The number of benzene rings is 2. The van der Waals surface area contributed by atoms with Gasteiger partial charge in [0.2, 0.25) is 10.0 Å². The topological polar surface area (TPSA) is 92.3 Å². The summed E-state index contributed by atoms with van der Waals surface area (Å²) >= 11 is 0. The molecular weight excluding hydrogens is 348 g/mol. The fraction of sp³-hybridized carbons (Fsp3) is 0.250. The van der Waals surface area contributed by atoms with E-state index < -0.39 is 20.0 Å². The molecule has 2 rings (SSSR count). The summed E-state index contributed by atoms with van der Waals surface area (Å²) in [4.78, 5) is 0.197. The molecule has 0 saturated heterocycles. The minimum Gasteiger partial charge on any atom is -0.280 e. The molecule has 6 nitrogen and oxygen atoms in total. The molecule has 0 aliphatic carbocycles. The molecule has 0 amide bonds. The van der Waals surface area contributed by atoms with Gasteiger partial charge in [0.25, 0.3) is 10.0 Å². The second kappa shape index (κ2) is 7.78. The van der Waals surface area contributed by atoms with Gasteiger partial charge in [-0.3, -0.25) is 4.72 Å². The normalized spacial score (nSPS) is 12.0. The van der Waals surface area contributed by atoms with Crippen molar-refractivity contribution in [1.82, 2.24) is 4.72 Å². The second-order valence-electron chi connectivity index (χ2n) is 5.16. The monoisotopic (exact) mass is 368 g/mol. The lowest BCUT2D eigenvalue weighted by Gasteiger charge is -2.09. The van der Waals surface area contributed by atoms with Crippen LogP contribution in [0.25, 0.3) is 0 Å². The average molecular weight is 368 g/mol. The maximum absolute atomic E-state index is 12.2. The molecule has 0 unspecified atom stereocenters. The molecule has 2 aromatic rings. The average Bonchev–Trinajstić information content (AvgIpc) is 2.57. The van der Waals surface area contributed by atoms with E-state index in [1.54, 1.807) is 49.4 Å². The van der Waals surface area contributed by atoms with Crippen molar-refractivity contribution in [2.45, 2.75) is 18.2 Å². The molecule has 0 radical (unpaired) electrons. The Kier molecular flexibility index (Phi) is 5.98. The van der Waals surface area contributed by atoms with E-state index in [9.17, 15) is 16.8 Å². The van der Waals surface area contributed by atoms with Crippen molar-refractivity contribution in [2.24, 2.45) is 0 Å². The highest BCUT2D eigenvalue weighted by Gasteiger charge is 2.13. The predicted octanol–water partition coefficient (Wildman–Crippen LogP) is 1.97. The molecule has 0 atom stereocenters. The van der Waals surface area contributed by atoms with Crippen molar-refractivity contribution >= 4 is 25.7 Å². The number of nitrogens with one attached hydrogen (secondary N) is 2. The fourth-order valence-electron chi connectivity index (χ4n) is 2.01. The SMILES string of the molecule is CCS(=O)(=O)NCCc1ccc(NS(=O)(=O)c2ccccc2)cc1. The van der Waals surface area contributed by atoms with Crippen LogP contribution in [0.4, 0.5) is 5.69 Å². The van der Waals surface area contributed by atoms with E-state index in [1.165, 1.54) is 12.1 Å². The number of hydrogen-bond donors (Lipinski definition) is 2. The first kappa shape index (κ1) is 18.4. The lowest BCUT2D eigenvalue weighted by molar-refractivity contribution is 0.582. The zero-order valence-corrected chi connectivity index (χ0v) is 14.9. The van der Waals surface area contributed by atoms with Gasteiger partial charge in [0.1, 0.15) is 0 Å². The first-order valence-electron chi connectivity index (χ1n) is 7.46. The molecule has 2 aromatic carbocycles. The quantitative estimate of drug-likeness (QED) is 0.745. The van der Waals surface area contributed by atoms with Gasteiger partial charge in [-0.15, -0.1) is 0 Å². The van der Waals surface area contributed by atoms with Crippen molar-refractivity contribution in [3.05, 3.63) is 60.2 Å². The van der Waals surface area contributed by atoms with Crippen molar-refractivity contribution in [3.63, 3.8) is 0 Å². The summed E-state index contributed by atoms with van der Waals surface area (Å²) < 4.78 is 52.1. The maximum Gasteiger partial charge on any atom is 0.261 e. The lowest BCUT2D eigenvalue weighted by atomic mass is 10.1. The molecule has 2 N–H and O–H groups in total. The summed E-state index contributed by atoms with van der Waals surface area (Å²) in [6.45, 7) is 1.89. The molecule has 0 heterocycles. The molecule has 0 spiro atoms. The predicted molar refractivity (Wildman–Crippen MR) is 94.9 cm³/mol. The molecular formula is C16H20N2O4S2. The molecule has 24 heavy (non-hydrogen) atoms. The van der Waals surface area contributed by atoms with Crippen molar-refractivity contribution < 1.29 is 16.8 Å². The standard InChI is InChI=1S/C16H20N2O4S2/c1-2-23(19,20)17-13-12-14-8-10-15(11-9-14)18-24(21,22)16-6-4-3-5-7-16/h3-11,17-18H,2,12-13H2,1H3. The van der Waals surface area contributed by atoms with Gasteiger partial charge in [-0.05, 0) is 43.2 Å². The summed E-state index contributed by atoms with van der Waals surface area (Å²) in [5, 5.41) is 0. The van der Waals surface area contributed by atoms with Crippen LogP contribution in [0.1, 0.15) is 12.5 Å². The van der Waals surface area contributed by atoms with Gasteiger partial charge in [-0.1, -0.05) is 30.3 Å². The van der Waals surface area contributed by atoms with Gasteiger partial charge in [-0.25, -0.2) is 21.6 Å². The molecule has 0 saturated carbocycles. The van der Waals surface area contributed by atoms with E-state index in [1.807, 2.05) is 0 Å². The summed E-state index contributed by atoms with van der Waals surface area (Å²) in [6.07, 6.45) is 0.533. The van der Waals surface area contributed by atoms with E-state index in [2.05, 4.69) is 9.44 Å². The minimum absolute atomic E-state index is 0.0488. The fourth-order valence-corrected chi connectivity index (χ4v) is 3.70. The summed E-state index contributed by atoms with van der Waals surface area (Å²) in [5.74, 6) is 0.0488. The summed E-state index contributed by atoms with van der Waals surface area (Å²) in [7, 11) is -6.80. The Labute approximate surface area is 143 Å². The molecule has 0 fully saturated rings. The first-order valence-corrected chi connectivity index (χ1v) is 10.6. The Bertz CT molecular complexity index is 862. The van der Waals surface area contributed by atoms with Crippen LogP contribution >= 0.6 is 0 Å². The van der Waals surface area contributed by atoms with Crippen molar-refractivity contribution in [3.8, 4) is 0 Å². The van der Waals surface area contributed by atoms with E-state index in [4.69, 9.17) is 0 Å². The molecule has 0 aromatic heterocycles. The first-order chi connectivity index (χ1) is 11.3. The second-order valence-corrected chi connectivity index (χ2v) is 8.94. The Balaban J connectivity index is 1.97. The zero-order valence-electron chi connectivity index (χ0n) is 13.3. The van der Waals surface area contributed by atoms with Gasteiger partial charge >= 0.3 is 0 Å². The van der Waals surface area contributed by atoms with Crippen molar-refractivity contribution in [1.29, 1.82) is 0 Å². The van der Waals surface area contributed by atoms with Crippen LogP contribution in [0.3, 0.4) is 0 Å². The van der Waals surface area contributed by atoms with Crippen LogP contribution in [0.5, 0.6) is 0 Å². The largest absolute Gasteiger partial charge is 0.280 e. The molecule has 130 valence electrons. The van der Waals surface area contributed by atoms with Gasteiger partial charge in [0, 0.05) is 12.2 Å². The summed E-state index contributed by atoms with van der Waals surface area (Å²) in [6, 6.07) is 15.0. The number of hydrogen-bond acceptors (Lipinski definition) is 4. The van der Waals surface area contributed by atoms with Crippen LogP contribution in [0.15, 0.2) is 59.5 Å². The molecule has 0 aliphatic heterocycles. The van der Waals surface area contributed by atoms with Crippen LogP contribution in [-0.4, -0.2) is 29.1 Å². The minimum atomic E-state index is -3.61. The van der Waals surface area contributed by atoms with E-state index in [-0.39, 0.29) is 10.6 Å². The van der Waals surface area contributed by atoms with Crippen LogP contribution in [0.2, 0.25) is 0 Å². The highest BCUT2D eigenvalue weighted by molar-refractivity contribution is 7.92. The Morgan fingerprint density at radius 3 is 2.08 bits per heavy atom. The third-order valence-corrected chi connectivity index (χ3v) is 6.18. The van der Waals surface area contributed by atoms with Gasteiger partial charge < -0.3 is 0 Å². The van der Waals surface area contributed by atoms with Gasteiger partial charge in [-0.2, -0.15) is 0 Å². The Hall–Kier alpha value is -1.90. The number of anilines is 1. The van der Waals surface area contributed by atoms with Gasteiger partial charge in [0.15, 0.2) is 0 Å². The van der Waals surface area contributed by atoms with Gasteiger partial charge in [0.05, 0.1) is 10.6 Å². The van der Waals surface area contributed by atoms with Crippen LogP contribution in [0, 0.1) is 0 Å². The molecule has 0 aliphatic rings. The van der Waals surface area contributed by atoms with Crippen LogP contribution in [-0.2, 0) is 26.5 Å². The smallest absolute Gasteiger partial charge is 0.261 e. The molecule has 0 bridgehead atoms. The number of sulfonamides is 2. The molecule has 8 heteroatoms. The van der Waals surface area contributed by atoms with E-state index in [0.717, 1.165) is 5.56 Å². The Morgan fingerprint density at radius 2 is 1.50 bits per heavy atom. The third-order valence-electron chi connectivity index (χ3n) is 3.38. The van der Waals surface area contributed by atoms with Crippen LogP contribution < -0.4 is 9.44 Å². The maximum atomic E-state index is 12.2. The Morgan fingerprint density at radius 1 is 0.875 bits per heavy atom. The van der Waals surface area contributed by atoms with E-state index in [0.29, 0.717) is 18.7 Å². The highest BCUT2D eigenvalue weighted by atomic mass is 32.2. The zero-order chi connectivity index (χ0) is 17.6.